The molecule has 0 aromatic heterocycles. The third-order valence-electron chi connectivity index (χ3n) is 3.93. The molecule has 2 rings (SSSR count). The number of aliphatic carboxylic acids is 1. The van der Waals surface area contributed by atoms with Crippen LogP contribution in [0, 0.1) is 0 Å². The van der Waals surface area contributed by atoms with Crippen molar-refractivity contribution in [3.8, 4) is 0 Å². The lowest BCUT2D eigenvalue weighted by atomic mass is 10.1. The molecule has 0 spiro atoms. The molecule has 0 aliphatic carbocycles. The third-order valence-corrected chi connectivity index (χ3v) is 4.56. The van der Waals surface area contributed by atoms with Crippen molar-refractivity contribution >= 4 is 52.6 Å². The van der Waals surface area contributed by atoms with Crippen LogP contribution in [-0.4, -0.2) is 35.4 Å². The van der Waals surface area contributed by atoms with Gasteiger partial charge in [-0.15, -0.1) is 0 Å². The molecule has 11 heteroatoms. The number of amides is 2. The number of hydrogen-bond donors (Lipinski definition) is 5. The number of aliphatic imine (C=N–C) groups is 1. The summed E-state index contributed by atoms with van der Waals surface area (Å²) in [6.07, 6.45) is 1.47. The second-order valence-electron chi connectivity index (χ2n) is 6.51. The van der Waals surface area contributed by atoms with E-state index in [1.54, 1.807) is 42.5 Å². The summed E-state index contributed by atoms with van der Waals surface area (Å²) in [5.74, 6) is -1.53. The normalized spacial score (nSPS) is 9.81. The highest BCUT2D eigenvalue weighted by Crippen LogP contribution is 2.23. The van der Waals surface area contributed by atoms with E-state index in [4.69, 9.17) is 45.5 Å². The summed E-state index contributed by atoms with van der Waals surface area (Å²) in [7, 11) is 0. The minimum Gasteiger partial charge on any atom is -0.481 e. The van der Waals surface area contributed by atoms with Crippen molar-refractivity contribution in [3.05, 3.63) is 63.6 Å². The quantitative estimate of drug-likeness (QED) is 0.209. The third kappa shape index (κ3) is 10.6. The summed E-state index contributed by atoms with van der Waals surface area (Å²) in [6, 6.07) is 11.9. The first-order valence-corrected chi connectivity index (χ1v) is 10.3. The molecular formula is C21H25Cl2N5O4. The smallest absolute Gasteiger partial charge is 0.303 e. The highest BCUT2D eigenvalue weighted by molar-refractivity contribution is 6.39. The van der Waals surface area contributed by atoms with Crippen LogP contribution in [0.5, 0.6) is 0 Å². The topological polar surface area (TPSA) is 174 Å². The Hall–Kier alpha value is -3.30. The van der Waals surface area contributed by atoms with Crippen molar-refractivity contribution in [1.29, 1.82) is 0 Å². The lowest BCUT2D eigenvalue weighted by Crippen LogP contribution is -2.23. The van der Waals surface area contributed by atoms with Gasteiger partial charge in [-0.05, 0) is 42.7 Å². The largest absolute Gasteiger partial charge is 0.481 e. The van der Waals surface area contributed by atoms with E-state index in [-0.39, 0.29) is 33.9 Å². The Balaban J connectivity index is 0.000000389. The molecule has 2 aromatic rings. The first-order chi connectivity index (χ1) is 15.1. The predicted octanol–water partition coefficient (Wildman–Crippen LogP) is 2.79. The summed E-state index contributed by atoms with van der Waals surface area (Å²) < 4.78 is 0. The highest BCUT2D eigenvalue weighted by Gasteiger charge is 2.09. The summed E-state index contributed by atoms with van der Waals surface area (Å²) >= 11 is 11.3. The minimum atomic E-state index is -0.826. The summed E-state index contributed by atoms with van der Waals surface area (Å²) in [5, 5.41) is 11.9. The fourth-order valence-electron chi connectivity index (χ4n) is 2.41. The standard InChI is InChI=1S/C14H20N4O3.C7H5Cl2NO/c15-14(16)17-9-1-2-12(19)18-11-6-3-10(4-7-11)5-8-13(20)21;8-4-2-1-3-5(9)6(4)7(10)11/h3-4,6-7H,1-2,5,8-9H2,(H,18,19)(H,20,21)(H4,15,16,17);1-3H,(H2,10,11). The number of carbonyl (C=O) groups is 3. The number of aryl methyl sites for hydroxylation is 1. The molecule has 172 valence electrons. The molecule has 0 unspecified atom stereocenters. The molecular weight excluding hydrogens is 457 g/mol. The van der Waals surface area contributed by atoms with Crippen LogP contribution in [0.2, 0.25) is 10.0 Å². The van der Waals surface area contributed by atoms with Gasteiger partial charge in [0.15, 0.2) is 5.96 Å². The van der Waals surface area contributed by atoms with Gasteiger partial charge in [-0.2, -0.15) is 0 Å². The van der Waals surface area contributed by atoms with Gasteiger partial charge < -0.3 is 27.6 Å². The highest BCUT2D eigenvalue weighted by atomic mass is 35.5. The van der Waals surface area contributed by atoms with Gasteiger partial charge in [-0.25, -0.2) is 0 Å². The van der Waals surface area contributed by atoms with E-state index in [0.717, 1.165) is 5.56 Å². The fourth-order valence-corrected chi connectivity index (χ4v) is 2.99. The molecule has 0 saturated carbocycles. The zero-order valence-corrected chi connectivity index (χ0v) is 18.7. The van der Waals surface area contributed by atoms with E-state index in [2.05, 4.69) is 10.3 Å². The maximum atomic E-state index is 11.7. The van der Waals surface area contributed by atoms with Gasteiger partial charge in [0.2, 0.25) is 5.91 Å². The van der Waals surface area contributed by atoms with Gasteiger partial charge in [-0.3, -0.25) is 19.4 Å². The molecule has 0 fully saturated rings. The number of carboxylic acid groups (broad SMARTS) is 1. The van der Waals surface area contributed by atoms with Crippen molar-refractivity contribution < 1.29 is 19.5 Å². The van der Waals surface area contributed by atoms with Crippen molar-refractivity contribution in [3.63, 3.8) is 0 Å². The number of carbonyl (C=O) groups excluding carboxylic acids is 2. The van der Waals surface area contributed by atoms with Crippen LogP contribution in [0.4, 0.5) is 5.69 Å². The molecule has 0 aliphatic heterocycles. The molecule has 32 heavy (non-hydrogen) atoms. The Bertz CT molecular complexity index is 941. The van der Waals surface area contributed by atoms with Crippen LogP contribution in [0.15, 0.2) is 47.5 Å². The first kappa shape index (κ1) is 26.7. The van der Waals surface area contributed by atoms with Gasteiger partial charge in [0.1, 0.15) is 0 Å². The molecule has 8 N–H and O–H groups in total. The predicted molar refractivity (Wildman–Crippen MR) is 126 cm³/mol. The Kier molecular flexibility index (Phi) is 11.6. The summed E-state index contributed by atoms with van der Waals surface area (Å²) in [5.41, 5.74) is 17.1. The van der Waals surface area contributed by atoms with E-state index in [1.807, 2.05) is 0 Å². The molecule has 2 amide bonds. The second kappa shape index (κ2) is 13.9. The number of nitrogens with one attached hydrogen (secondary N) is 1. The summed E-state index contributed by atoms with van der Waals surface area (Å²) in [4.78, 5) is 36.6. The van der Waals surface area contributed by atoms with E-state index in [0.29, 0.717) is 31.5 Å². The lowest BCUT2D eigenvalue weighted by Gasteiger charge is -2.06. The molecule has 9 nitrogen and oxygen atoms in total. The fraction of sp³-hybridized carbons (Fsp3) is 0.238. The van der Waals surface area contributed by atoms with Crippen LogP contribution in [-0.2, 0) is 16.0 Å². The molecule has 0 saturated heterocycles. The average molecular weight is 482 g/mol. The molecule has 0 aliphatic rings. The maximum absolute atomic E-state index is 11.7. The number of benzene rings is 2. The number of halogens is 2. The number of carboxylic acids is 1. The molecule has 0 heterocycles. The van der Waals surface area contributed by atoms with Crippen LogP contribution in [0.3, 0.4) is 0 Å². The Morgan fingerprint density at radius 3 is 2.00 bits per heavy atom. The van der Waals surface area contributed by atoms with Crippen molar-refractivity contribution in [2.45, 2.75) is 25.7 Å². The second-order valence-corrected chi connectivity index (χ2v) is 7.32. The Morgan fingerprint density at radius 2 is 1.53 bits per heavy atom. The number of hydrogen-bond acceptors (Lipinski definition) is 4. The van der Waals surface area contributed by atoms with Crippen molar-refractivity contribution in [1.82, 2.24) is 0 Å². The zero-order chi connectivity index (χ0) is 24.1. The van der Waals surface area contributed by atoms with Gasteiger partial charge >= 0.3 is 5.97 Å². The first-order valence-electron chi connectivity index (χ1n) is 9.50. The Labute approximate surface area is 195 Å². The van der Waals surface area contributed by atoms with Gasteiger partial charge in [0.05, 0.1) is 15.6 Å². The van der Waals surface area contributed by atoms with Gasteiger partial charge in [0, 0.05) is 25.1 Å². The lowest BCUT2D eigenvalue weighted by molar-refractivity contribution is -0.137. The van der Waals surface area contributed by atoms with Crippen molar-refractivity contribution in [2.75, 3.05) is 11.9 Å². The zero-order valence-electron chi connectivity index (χ0n) is 17.2. The van der Waals surface area contributed by atoms with E-state index in [1.165, 1.54) is 0 Å². The van der Waals surface area contributed by atoms with E-state index in [9.17, 15) is 14.4 Å². The number of nitrogens with two attached hydrogens (primary N) is 3. The van der Waals surface area contributed by atoms with Crippen LogP contribution < -0.4 is 22.5 Å². The minimum absolute atomic E-state index is 0.0207. The maximum Gasteiger partial charge on any atom is 0.303 e. The SMILES string of the molecule is NC(=O)c1c(Cl)cccc1Cl.NC(N)=NCCCC(=O)Nc1ccc(CCC(=O)O)cc1. The molecule has 0 radical (unpaired) electrons. The average Bonchev–Trinajstić information content (AvgIpc) is 2.70. The van der Waals surface area contributed by atoms with Crippen molar-refractivity contribution in [2.24, 2.45) is 22.2 Å². The number of rotatable bonds is 9. The molecule has 2 aromatic carbocycles. The molecule has 0 bridgehead atoms. The number of primary amides is 1. The number of nitrogens with zero attached hydrogens (tertiary/aromatic N) is 1. The van der Waals surface area contributed by atoms with Crippen LogP contribution in [0.25, 0.3) is 0 Å². The molecule has 0 atom stereocenters. The van der Waals surface area contributed by atoms with E-state index >= 15 is 0 Å². The van der Waals surface area contributed by atoms with Gasteiger partial charge in [0.25, 0.3) is 5.91 Å². The van der Waals surface area contributed by atoms with Gasteiger partial charge in [-0.1, -0.05) is 41.4 Å². The van der Waals surface area contributed by atoms with E-state index < -0.39 is 11.9 Å². The van der Waals surface area contributed by atoms with Crippen LogP contribution >= 0.6 is 23.2 Å². The number of guanidine groups is 1. The monoisotopic (exact) mass is 481 g/mol. The van der Waals surface area contributed by atoms with Crippen LogP contribution in [0.1, 0.15) is 35.2 Å². The number of anilines is 1. The Morgan fingerprint density at radius 1 is 0.938 bits per heavy atom. The summed E-state index contributed by atoms with van der Waals surface area (Å²) in [6.45, 7) is 0.421.